The summed E-state index contributed by atoms with van der Waals surface area (Å²) >= 11 is 0. The van der Waals surface area contributed by atoms with Gasteiger partial charge in [-0.15, -0.1) is 5.10 Å². The summed E-state index contributed by atoms with van der Waals surface area (Å²) in [6, 6.07) is 8.82. The number of nitrogens with one attached hydrogen (secondary N) is 2. The highest BCUT2D eigenvalue weighted by Gasteiger charge is 2.31. The number of fused-ring (bicyclic) bond motifs is 1. The zero-order chi connectivity index (χ0) is 29.5. The maximum Gasteiger partial charge on any atom is 0.314 e. The van der Waals surface area contributed by atoms with Crippen LogP contribution in [-0.2, 0) is 29.6 Å². The predicted molar refractivity (Wildman–Crippen MR) is 150 cm³/mol. The van der Waals surface area contributed by atoms with E-state index in [1.165, 1.54) is 11.8 Å². The predicted octanol–water partition coefficient (Wildman–Crippen LogP) is 1.59. The van der Waals surface area contributed by atoms with Gasteiger partial charge < -0.3 is 20.3 Å². The molecule has 0 spiro atoms. The van der Waals surface area contributed by atoms with Crippen LogP contribution in [-0.4, -0.2) is 78.4 Å². The average Bonchev–Trinajstić information content (AvgIpc) is 3.53. The summed E-state index contributed by atoms with van der Waals surface area (Å²) in [7, 11) is 3.11. The topological polar surface area (TPSA) is 149 Å². The third kappa shape index (κ3) is 7.27. The molecule has 0 radical (unpaired) electrons. The number of aryl methyl sites for hydroxylation is 2. The van der Waals surface area contributed by atoms with E-state index in [0.29, 0.717) is 44.0 Å². The van der Waals surface area contributed by atoms with Gasteiger partial charge in [0.1, 0.15) is 17.7 Å². The highest BCUT2D eigenvalue weighted by atomic mass is 16.5. The third-order valence-corrected chi connectivity index (χ3v) is 7.33. The van der Waals surface area contributed by atoms with Gasteiger partial charge >= 0.3 is 6.01 Å². The van der Waals surface area contributed by atoms with Crippen molar-refractivity contribution < 1.29 is 19.1 Å². The second-order valence-electron chi connectivity index (χ2n) is 10.4. The van der Waals surface area contributed by atoms with Crippen LogP contribution in [0.1, 0.15) is 67.0 Å². The zero-order valence-electron chi connectivity index (χ0n) is 24.3. The van der Waals surface area contributed by atoms with Crippen molar-refractivity contribution in [1.82, 2.24) is 45.1 Å². The summed E-state index contributed by atoms with van der Waals surface area (Å²) in [6.45, 7) is 6.63. The molecule has 2 N–H and O–H groups in total. The molecule has 13 nitrogen and oxygen atoms in total. The summed E-state index contributed by atoms with van der Waals surface area (Å²) in [5.74, 6) is 0.175. The number of aromatic nitrogens is 6. The Morgan fingerprint density at radius 1 is 1.10 bits per heavy atom. The Morgan fingerprint density at radius 2 is 1.85 bits per heavy atom. The molecule has 3 atom stereocenters. The van der Waals surface area contributed by atoms with E-state index >= 15 is 0 Å². The van der Waals surface area contributed by atoms with Crippen LogP contribution in [0.4, 0.5) is 0 Å². The molecule has 4 rings (SSSR count). The van der Waals surface area contributed by atoms with Crippen molar-refractivity contribution in [2.45, 2.75) is 65.1 Å². The maximum atomic E-state index is 13.6. The summed E-state index contributed by atoms with van der Waals surface area (Å²) in [6.07, 6.45) is 1.74. The van der Waals surface area contributed by atoms with Crippen molar-refractivity contribution in [3.8, 4) is 6.01 Å². The fourth-order valence-corrected chi connectivity index (χ4v) is 4.90. The number of ether oxygens (including phenoxy) is 1. The van der Waals surface area contributed by atoms with Crippen LogP contribution >= 0.6 is 0 Å². The van der Waals surface area contributed by atoms with E-state index in [-0.39, 0.29) is 48.4 Å². The van der Waals surface area contributed by atoms with Gasteiger partial charge in [-0.05, 0) is 31.2 Å². The monoisotopic (exact) mass is 565 g/mol. The Kier molecular flexibility index (Phi) is 9.69. The molecule has 1 aliphatic rings. The molecule has 2 aromatic heterocycles. The molecular weight excluding hydrogens is 526 g/mol. The minimum absolute atomic E-state index is 0.0102. The van der Waals surface area contributed by atoms with Crippen molar-refractivity contribution in [2.24, 2.45) is 13.0 Å². The Bertz CT molecular complexity index is 1350. The average molecular weight is 566 g/mol. The van der Waals surface area contributed by atoms with E-state index in [4.69, 9.17) is 9.72 Å². The zero-order valence-corrected chi connectivity index (χ0v) is 24.3. The Labute approximate surface area is 239 Å². The summed E-state index contributed by atoms with van der Waals surface area (Å²) in [5.41, 5.74) is 1.02. The Balaban J connectivity index is 1.70. The lowest BCUT2D eigenvalue weighted by Crippen LogP contribution is -2.51. The molecule has 0 saturated heterocycles. The highest BCUT2D eigenvalue weighted by Crippen LogP contribution is 2.20. The van der Waals surface area contributed by atoms with E-state index in [2.05, 4.69) is 25.8 Å². The normalized spacial score (nSPS) is 19.5. The molecule has 3 heterocycles. The second kappa shape index (κ2) is 13.4. The van der Waals surface area contributed by atoms with Crippen LogP contribution in [0, 0.1) is 12.8 Å². The van der Waals surface area contributed by atoms with E-state index in [0.717, 1.165) is 5.56 Å². The van der Waals surface area contributed by atoms with Gasteiger partial charge in [0.05, 0.1) is 19.7 Å². The molecule has 220 valence electrons. The van der Waals surface area contributed by atoms with Gasteiger partial charge in [-0.25, -0.2) is 14.3 Å². The van der Waals surface area contributed by atoms with Crippen LogP contribution < -0.4 is 15.4 Å². The smallest absolute Gasteiger partial charge is 0.314 e. The van der Waals surface area contributed by atoms with Crippen LogP contribution in [0.5, 0.6) is 6.01 Å². The third-order valence-electron chi connectivity index (χ3n) is 7.33. The number of methoxy groups -OCH3 is 1. The van der Waals surface area contributed by atoms with E-state index < -0.39 is 12.1 Å². The SMILES string of the molecule is CC[C@H](C)[C@@H]1NC(=O)CCCN(C(=O)c2nc(OC)n(C)n2)CCn2nc(C)nc2[C@H](Cc2ccccc2)NC1=O. The van der Waals surface area contributed by atoms with Gasteiger partial charge in [-0.3, -0.25) is 14.4 Å². The van der Waals surface area contributed by atoms with Crippen molar-refractivity contribution >= 4 is 17.7 Å². The number of carbonyl (C=O) groups excluding carboxylic acids is 3. The minimum atomic E-state index is -0.714. The summed E-state index contributed by atoms with van der Waals surface area (Å²) in [4.78, 5) is 50.6. The second-order valence-corrected chi connectivity index (χ2v) is 10.4. The first-order valence-electron chi connectivity index (χ1n) is 14.0. The quantitative estimate of drug-likeness (QED) is 0.458. The van der Waals surface area contributed by atoms with Gasteiger partial charge in [-0.2, -0.15) is 10.1 Å². The van der Waals surface area contributed by atoms with Crippen molar-refractivity contribution in [3.63, 3.8) is 0 Å². The fraction of sp³-hybridized carbons (Fsp3) is 0.536. The van der Waals surface area contributed by atoms with Gasteiger partial charge in [0, 0.05) is 26.6 Å². The molecule has 0 bridgehead atoms. The maximum absolute atomic E-state index is 13.6. The summed E-state index contributed by atoms with van der Waals surface area (Å²) in [5, 5.41) is 14.9. The first kappa shape index (κ1) is 29.7. The molecule has 0 aliphatic carbocycles. The van der Waals surface area contributed by atoms with Crippen molar-refractivity contribution in [1.29, 1.82) is 0 Å². The lowest BCUT2D eigenvalue weighted by atomic mass is 9.97. The number of carbonyl (C=O) groups is 3. The van der Waals surface area contributed by atoms with Crippen LogP contribution in [0.15, 0.2) is 30.3 Å². The standard InChI is InChI=1S/C28H39N9O4/c1-6-18(2)23-26(39)30-21(17-20-11-8-7-9-12-20)25-29-19(3)33-37(25)16-15-36(14-10-13-22(38)31-23)27(40)24-32-28(41-5)35(4)34-24/h7-9,11-12,18,21,23H,6,10,13-17H2,1-5H3,(H,30,39)(H,31,38)/t18-,21-,23-/m0/s1. The Morgan fingerprint density at radius 3 is 2.54 bits per heavy atom. The Hall–Kier alpha value is -4.29. The van der Waals surface area contributed by atoms with E-state index in [1.807, 2.05) is 44.2 Å². The lowest BCUT2D eigenvalue weighted by molar-refractivity contribution is -0.130. The molecule has 13 heteroatoms. The van der Waals surface area contributed by atoms with Gasteiger partial charge in [-0.1, -0.05) is 50.6 Å². The number of rotatable bonds is 6. The molecule has 3 aromatic rings. The molecular formula is C28H39N9O4. The molecule has 41 heavy (non-hydrogen) atoms. The van der Waals surface area contributed by atoms with Crippen LogP contribution in [0.2, 0.25) is 0 Å². The first-order valence-corrected chi connectivity index (χ1v) is 14.0. The number of hydrogen-bond donors (Lipinski definition) is 2. The molecule has 0 saturated carbocycles. The van der Waals surface area contributed by atoms with Crippen LogP contribution in [0.25, 0.3) is 0 Å². The van der Waals surface area contributed by atoms with Crippen LogP contribution in [0.3, 0.4) is 0 Å². The van der Waals surface area contributed by atoms with Crippen molar-refractivity contribution in [2.75, 3.05) is 20.2 Å². The highest BCUT2D eigenvalue weighted by molar-refractivity contribution is 5.90. The fourth-order valence-electron chi connectivity index (χ4n) is 4.90. The molecule has 1 aromatic carbocycles. The number of hydrogen-bond acceptors (Lipinski definition) is 8. The van der Waals surface area contributed by atoms with E-state index in [1.54, 1.807) is 23.6 Å². The number of amides is 3. The number of benzene rings is 1. The molecule has 0 unspecified atom stereocenters. The van der Waals surface area contributed by atoms with Gasteiger partial charge in [0.2, 0.25) is 17.6 Å². The largest absolute Gasteiger partial charge is 0.467 e. The van der Waals surface area contributed by atoms with E-state index in [9.17, 15) is 14.4 Å². The summed E-state index contributed by atoms with van der Waals surface area (Å²) < 4.78 is 8.33. The molecule has 0 fully saturated rings. The lowest BCUT2D eigenvalue weighted by Gasteiger charge is -2.28. The molecule has 3 amide bonds. The first-order chi connectivity index (χ1) is 19.7. The minimum Gasteiger partial charge on any atom is -0.467 e. The van der Waals surface area contributed by atoms with Crippen molar-refractivity contribution in [3.05, 3.63) is 53.4 Å². The van der Waals surface area contributed by atoms with Gasteiger partial charge in [0.15, 0.2) is 0 Å². The number of nitrogens with zero attached hydrogens (tertiary/aromatic N) is 7. The molecule has 1 aliphatic heterocycles. The van der Waals surface area contributed by atoms with Gasteiger partial charge in [0.25, 0.3) is 5.91 Å².